The maximum absolute atomic E-state index is 12.4. The Labute approximate surface area is 157 Å². The number of hydrogen-bond acceptors (Lipinski definition) is 5. The fourth-order valence-electron chi connectivity index (χ4n) is 2.26. The van der Waals surface area contributed by atoms with E-state index >= 15 is 0 Å². The van der Waals surface area contributed by atoms with Gasteiger partial charge < -0.3 is 9.47 Å². The molecule has 0 fully saturated rings. The number of carbonyl (C=O) groups excluding carboxylic acids is 1. The van der Waals surface area contributed by atoms with Gasteiger partial charge in [0.1, 0.15) is 0 Å². The maximum atomic E-state index is 12.4. The van der Waals surface area contributed by atoms with Crippen molar-refractivity contribution in [3.8, 4) is 22.8 Å². The van der Waals surface area contributed by atoms with E-state index in [9.17, 15) is 4.79 Å². The SMILES string of the molecule is COc1ccc(C(=O)Nc2nc(-c3cccc(Br)c3)cs2)cc1OC. The van der Waals surface area contributed by atoms with Gasteiger partial charge in [-0.25, -0.2) is 4.98 Å². The summed E-state index contributed by atoms with van der Waals surface area (Å²) in [6, 6.07) is 12.9. The zero-order valence-corrected chi connectivity index (χ0v) is 16.0. The second kappa shape index (κ2) is 7.67. The second-order valence-corrected chi connectivity index (χ2v) is 6.85. The van der Waals surface area contributed by atoms with Crippen LogP contribution in [-0.4, -0.2) is 25.1 Å². The van der Waals surface area contributed by atoms with Crippen molar-refractivity contribution in [2.24, 2.45) is 0 Å². The summed E-state index contributed by atoms with van der Waals surface area (Å²) in [6.07, 6.45) is 0. The first-order chi connectivity index (χ1) is 12.1. The Balaban J connectivity index is 1.78. The number of methoxy groups -OCH3 is 2. The number of nitrogens with one attached hydrogen (secondary N) is 1. The van der Waals surface area contributed by atoms with E-state index in [1.165, 1.54) is 18.4 Å². The summed E-state index contributed by atoms with van der Waals surface area (Å²) in [5.74, 6) is 0.824. The average molecular weight is 419 g/mol. The van der Waals surface area contributed by atoms with E-state index < -0.39 is 0 Å². The Morgan fingerprint density at radius 2 is 1.92 bits per heavy atom. The highest BCUT2D eigenvalue weighted by atomic mass is 79.9. The molecule has 5 nitrogen and oxygen atoms in total. The topological polar surface area (TPSA) is 60.5 Å². The number of rotatable bonds is 5. The minimum absolute atomic E-state index is 0.254. The van der Waals surface area contributed by atoms with E-state index in [1.807, 2.05) is 29.6 Å². The van der Waals surface area contributed by atoms with E-state index in [-0.39, 0.29) is 5.91 Å². The van der Waals surface area contributed by atoms with Gasteiger partial charge in [0.15, 0.2) is 16.6 Å². The van der Waals surface area contributed by atoms with Crippen LogP contribution in [0.5, 0.6) is 11.5 Å². The number of amides is 1. The Bertz CT molecular complexity index is 911. The lowest BCUT2D eigenvalue weighted by Gasteiger charge is -2.09. The van der Waals surface area contributed by atoms with Gasteiger partial charge in [-0.2, -0.15) is 0 Å². The summed E-state index contributed by atoms with van der Waals surface area (Å²) >= 11 is 4.82. The van der Waals surface area contributed by atoms with Gasteiger partial charge in [0.2, 0.25) is 0 Å². The number of anilines is 1. The molecule has 0 unspecified atom stereocenters. The van der Waals surface area contributed by atoms with Crippen molar-refractivity contribution in [3.05, 3.63) is 57.9 Å². The molecular weight excluding hydrogens is 404 g/mol. The van der Waals surface area contributed by atoms with Crippen molar-refractivity contribution in [1.82, 2.24) is 4.98 Å². The third kappa shape index (κ3) is 4.00. The molecule has 0 aliphatic heterocycles. The summed E-state index contributed by atoms with van der Waals surface area (Å²) in [6.45, 7) is 0. The van der Waals surface area contributed by atoms with E-state index in [0.717, 1.165) is 15.7 Å². The molecule has 3 rings (SSSR count). The monoisotopic (exact) mass is 418 g/mol. The molecular formula is C18H15BrN2O3S. The van der Waals surface area contributed by atoms with Gasteiger partial charge in [-0.3, -0.25) is 10.1 Å². The summed E-state index contributed by atoms with van der Waals surface area (Å²) in [4.78, 5) is 16.9. The van der Waals surface area contributed by atoms with Crippen LogP contribution in [0, 0.1) is 0 Å². The largest absolute Gasteiger partial charge is 0.493 e. The minimum atomic E-state index is -0.254. The fraction of sp³-hybridized carbons (Fsp3) is 0.111. The first-order valence-electron chi connectivity index (χ1n) is 7.35. The van der Waals surface area contributed by atoms with Gasteiger partial charge in [-0.05, 0) is 30.3 Å². The van der Waals surface area contributed by atoms with Gasteiger partial charge in [0.25, 0.3) is 5.91 Å². The van der Waals surface area contributed by atoms with Crippen LogP contribution in [0.1, 0.15) is 10.4 Å². The van der Waals surface area contributed by atoms with Crippen LogP contribution in [-0.2, 0) is 0 Å². The van der Waals surface area contributed by atoms with Gasteiger partial charge in [-0.15, -0.1) is 11.3 Å². The number of thiazole rings is 1. The molecule has 0 aliphatic carbocycles. The van der Waals surface area contributed by atoms with E-state index in [0.29, 0.717) is 22.2 Å². The third-order valence-corrected chi connectivity index (χ3v) is 4.74. The van der Waals surface area contributed by atoms with Crippen LogP contribution in [0.25, 0.3) is 11.3 Å². The molecule has 1 N–H and O–H groups in total. The first kappa shape index (κ1) is 17.4. The summed E-state index contributed by atoms with van der Waals surface area (Å²) in [5.41, 5.74) is 2.27. The average Bonchev–Trinajstić information content (AvgIpc) is 3.09. The van der Waals surface area contributed by atoms with Crippen molar-refractivity contribution in [3.63, 3.8) is 0 Å². The summed E-state index contributed by atoms with van der Waals surface area (Å²) in [5, 5.41) is 5.26. The maximum Gasteiger partial charge on any atom is 0.257 e. The smallest absolute Gasteiger partial charge is 0.257 e. The molecule has 0 saturated heterocycles. The zero-order valence-electron chi connectivity index (χ0n) is 13.6. The van der Waals surface area contributed by atoms with Crippen LogP contribution in [0.2, 0.25) is 0 Å². The lowest BCUT2D eigenvalue weighted by molar-refractivity contribution is 0.102. The molecule has 3 aromatic rings. The lowest BCUT2D eigenvalue weighted by Crippen LogP contribution is -2.11. The Morgan fingerprint density at radius 3 is 2.64 bits per heavy atom. The highest BCUT2D eigenvalue weighted by molar-refractivity contribution is 9.10. The molecule has 0 aliphatic rings. The Morgan fingerprint density at radius 1 is 1.12 bits per heavy atom. The van der Waals surface area contributed by atoms with Crippen LogP contribution in [0.15, 0.2) is 52.3 Å². The highest BCUT2D eigenvalue weighted by Crippen LogP contribution is 2.29. The number of ether oxygens (including phenoxy) is 2. The van der Waals surface area contributed by atoms with Crippen LogP contribution < -0.4 is 14.8 Å². The number of aromatic nitrogens is 1. The van der Waals surface area contributed by atoms with Crippen molar-refractivity contribution in [2.45, 2.75) is 0 Å². The molecule has 0 saturated carbocycles. The second-order valence-electron chi connectivity index (χ2n) is 5.07. The van der Waals surface area contributed by atoms with Gasteiger partial charge in [-0.1, -0.05) is 28.1 Å². The molecule has 25 heavy (non-hydrogen) atoms. The van der Waals surface area contributed by atoms with Gasteiger partial charge in [0.05, 0.1) is 19.9 Å². The fourth-order valence-corrected chi connectivity index (χ4v) is 3.37. The number of halogens is 1. The van der Waals surface area contributed by atoms with Crippen LogP contribution in [0.4, 0.5) is 5.13 Å². The predicted molar refractivity (Wildman–Crippen MR) is 103 cm³/mol. The lowest BCUT2D eigenvalue weighted by atomic mass is 10.2. The molecule has 2 aromatic carbocycles. The standard InChI is InChI=1S/C18H15BrN2O3S/c1-23-15-7-6-12(9-16(15)24-2)17(22)21-18-20-14(10-25-18)11-4-3-5-13(19)8-11/h3-10H,1-2H3,(H,20,21,22). The van der Waals surface area contributed by atoms with E-state index in [4.69, 9.17) is 9.47 Å². The number of hydrogen-bond donors (Lipinski definition) is 1. The molecule has 0 bridgehead atoms. The van der Waals surface area contributed by atoms with E-state index in [2.05, 4.69) is 26.2 Å². The van der Waals surface area contributed by atoms with Crippen LogP contribution in [0.3, 0.4) is 0 Å². The molecule has 0 spiro atoms. The minimum Gasteiger partial charge on any atom is -0.493 e. The molecule has 128 valence electrons. The molecule has 1 amide bonds. The normalized spacial score (nSPS) is 10.4. The van der Waals surface area contributed by atoms with Crippen molar-refractivity contribution in [1.29, 1.82) is 0 Å². The zero-order chi connectivity index (χ0) is 17.8. The molecule has 0 radical (unpaired) electrons. The quantitative estimate of drug-likeness (QED) is 0.643. The first-order valence-corrected chi connectivity index (χ1v) is 9.03. The molecule has 7 heteroatoms. The number of nitrogens with zero attached hydrogens (tertiary/aromatic N) is 1. The number of carbonyl (C=O) groups is 1. The Kier molecular flexibility index (Phi) is 5.35. The number of benzene rings is 2. The van der Waals surface area contributed by atoms with Crippen molar-refractivity contribution < 1.29 is 14.3 Å². The third-order valence-electron chi connectivity index (χ3n) is 3.49. The summed E-state index contributed by atoms with van der Waals surface area (Å²) < 4.78 is 11.4. The van der Waals surface area contributed by atoms with Crippen molar-refractivity contribution >= 4 is 38.3 Å². The predicted octanol–water partition coefficient (Wildman–Crippen LogP) is 4.84. The van der Waals surface area contributed by atoms with Crippen molar-refractivity contribution in [2.75, 3.05) is 19.5 Å². The van der Waals surface area contributed by atoms with Gasteiger partial charge in [0, 0.05) is 21.0 Å². The Hall–Kier alpha value is -2.38. The summed E-state index contributed by atoms with van der Waals surface area (Å²) in [7, 11) is 3.08. The molecule has 0 atom stereocenters. The molecule has 1 aromatic heterocycles. The van der Waals surface area contributed by atoms with Crippen LogP contribution >= 0.6 is 27.3 Å². The molecule has 1 heterocycles. The van der Waals surface area contributed by atoms with E-state index in [1.54, 1.807) is 25.3 Å². The van der Waals surface area contributed by atoms with Gasteiger partial charge >= 0.3 is 0 Å². The highest BCUT2D eigenvalue weighted by Gasteiger charge is 2.13.